The van der Waals surface area contributed by atoms with Crippen LogP contribution < -0.4 is 11.3 Å². The molecule has 3 aromatic rings. The van der Waals surface area contributed by atoms with E-state index in [1.807, 2.05) is 0 Å². The van der Waals surface area contributed by atoms with Gasteiger partial charge in [0.05, 0.1) is 5.69 Å². The fourth-order valence-corrected chi connectivity index (χ4v) is 2.33. The largest absolute Gasteiger partial charge is 0.507 e. The number of nitrogens with zero attached hydrogens (tertiary/aromatic N) is 1. The Morgan fingerprint density at radius 1 is 0.900 bits per heavy atom. The molecule has 3 aromatic carbocycles. The van der Waals surface area contributed by atoms with Gasteiger partial charge in [0, 0.05) is 27.2 Å². The van der Waals surface area contributed by atoms with E-state index in [0.29, 0.717) is 32.9 Å². The molecule has 0 spiro atoms. The first-order valence-corrected chi connectivity index (χ1v) is 5.91. The van der Waals surface area contributed by atoms with Crippen molar-refractivity contribution in [2.24, 2.45) is 11.0 Å². The zero-order valence-electron chi connectivity index (χ0n) is 10.4. The molecule has 0 saturated carbocycles. The summed E-state index contributed by atoms with van der Waals surface area (Å²) in [6.07, 6.45) is 0. The molecule has 100 valence electrons. The van der Waals surface area contributed by atoms with Gasteiger partial charge >= 0.3 is 0 Å². The Morgan fingerprint density at radius 3 is 2.10 bits per heavy atom. The molecular weight excluding hydrogens is 256 g/mol. The van der Waals surface area contributed by atoms with Crippen molar-refractivity contribution in [1.29, 1.82) is 5.53 Å². The van der Waals surface area contributed by atoms with Gasteiger partial charge in [-0.05, 0) is 36.4 Å². The van der Waals surface area contributed by atoms with Crippen LogP contribution in [0.25, 0.3) is 21.5 Å². The molecule has 0 heterocycles. The first kappa shape index (κ1) is 12.2. The normalized spacial score (nSPS) is 10.8. The maximum atomic E-state index is 10.4. The Bertz CT molecular complexity index is 846. The van der Waals surface area contributed by atoms with Gasteiger partial charge in [-0.2, -0.15) is 5.11 Å². The van der Waals surface area contributed by atoms with E-state index in [4.69, 9.17) is 11.4 Å². The van der Waals surface area contributed by atoms with Gasteiger partial charge in [-0.3, -0.25) is 5.84 Å². The highest BCUT2D eigenvalue weighted by molar-refractivity contribution is 6.11. The monoisotopic (exact) mass is 268 g/mol. The van der Waals surface area contributed by atoms with Gasteiger partial charge in [-0.15, -0.1) is 0 Å². The third-order valence-electron chi connectivity index (χ3n) is 3.34. The number of nitrogens with one attached hydrogen (secondary N) is 2. The van der Waals surface area contributed by atoms with Crippen LogP contribution in [0.1, 0.15) is 0 Å². The number of hydrogen-bond donors (Lipinski definition) is 5. The summed E-state index contributed by atoms with van der Waals surface area (Å²) in [5.41, 5.74) is 10.6. The number of phenolic OH excluding ortho intramolecular Hbond substituents is 2. The topological polar surface area (TPSA) is 115 Å². The van der Waals surface area contributed by atoms with Gasteiger partial charge in [-0.25, -0.2) is 5.53 Å². The minimum Gasteiger partial charge on any atom is -0.507 e. The minimum absolute atomic E-state index is 0.0434. The first-order chi connectivity index (χ1) is 9.65. The molecule has 0 saturated heterocycles. The fraction of sp³-hybridized carbons (Fsp3) is 0. The summed E-state index contributed by atoms with van der Waals surface area (Å²) in [6, 6.07) is 9.82. The van der Waals surface area contributed by atoms with Crippen LogP contribution >= 0.6 is 0 Å². The average Bonchev–Trinajstić information content (AvgIpc) is 2.51. The molecule has 6 heteroatoms. The molecule has 3 rings (SSSR count). The molecule has 0 bridgehead atoms. The number of anilines is 1. The maximum Gasteiger partial charge on any atom is 0.131 e. The molecule has 6 nitrogen and oxygen atoms in total. The van der Waals surface area contributed by atoms with E-state index in [-0.39, 0.29) is 11.5 Å². The van der Waals surface area contributed by atoms with Crippen LogP contribution in [-0.4, -0.2) is 10.2 Å². The van der Waals surface area contributed by atoms with E-state index in [2.05, 4.69) is 10.5 Å². The Balaban J connectivity index is 2.49. The predicted octanol–water partition coefficient (Wildman–Crippen LogP) is 3.35. The molecule has 20 heavy (non-hydrogen) atoms. The lowest BCUT2D eigenvalue weighted by Gasteiger charge is -2.11. The van der Waals surface area contributed by atoms with Crippen LogP contribution in [0.3, 0.4) is 0 Å². The summed E-state index contributed by atoms with van der Waals surface area (Å²) in [5, 5.41) is 26.0. The predicted molar refractivity (Wildman–Crippen MR) is 77.4 cm³/mol. The molecule has 0 atom stereocenters. The molecule has 0 unspecified atom stereocenters. The molecule has 0 amide bonds. The maximum absolute atomic E-state index is 10.4. The molecule has 0 aliphatic carbocycles. The summed E-state index contributed by atoms with van der Waals surface area (Å²) < 4.78 is 0. The Morgan fingerprint density at radius 2 is 1.50 bits per heavy atom. The summed E-state index contributed by atoms with van der Waals surface area (Å²) in [5.74, 6) is 5.45. The second-order valence-electron chi connectivity index (χ2n) is 4.44. The molecule has 0 aromatic heterocycles. The van der Waals surface area contributed by atoms with Gasteiger partial charge in [0.25, 0.3) is 0 Å². The number of phenols is 2. The highest BCUT2D eigenvalue weighted by Gasteiger charge is 2.13. The number of rotatable bonds is 2. The van der Waals surface area contributed by atoms with E-state index in [0.717, 1.165) is 0 Å². The van der Waals surface area contributed by atoms with Crippen molar-refractivity contribution in [1.82, 2.24) is 0 Å². The van der Waals surface area contributed by atoms with Crippen molar-refractivity contribution in [2.45, 2.75) is 0 Å². The quantitative estimate of drug-likeness (QED) is 0.161. The molecular formula is C14H12N4O2. The Kier molecular flexibility index (Phi) is 2.66. The zero-order chi connectivity index (χ0) is 14.3. The highest BCUT2D eigenvalue weighted by atomic mass is 16.3. The van der Waals surface area contributed by atoms with Crippen molar-refractivity contribution >= 4 is 32.9 Å². The van der Waals surface area contributed by atoms with E-state index < -0.39 is 0 Å². The van der Waals surface area contributed by atoms with Gasteiger partial charge < -0.3 is 15.6 Å². The second kappa shape index (κ2) is 4.36. The van der Waals surface area contributed by atoms with E-state index in [1.54, 1.807) is 36.4 Å². The molecule has 0 fully saturated rings. The van der Waals surface area contributed by atoms with Gasteiger partial charge in [0.15, 0.2) is 0 Å². The third kappa shape index (κ3) is 1.63. The van der Waals surface area contributed by atoms with Crippen molar-refractivity contribution in [3.63, 3.8) is 0 Å². The van der Waals surface area contributed by atoms with Crippen molar-refractivity contribution < 1.29 is 10.2 Å². The molecule has 6 N–H and O–H groups in total. The number of nitrogens with two attached hydrogens (primary N) is 1. The SMILES string of the molecule is N=Nc1ccc2c(O)c3cc(NN)ccc3c(O)c2c1. The third-order valence-corrected chi connectivity index (χ3v) is 3.34. The average molecular weight is 268 g/mol. The highest BCUT2D eigenvalue weighted by Crippen LogP contribution is 2.43. The summed E-state index contributed by atoms with van der Waals surface area (Å²) in [4.78, 5) is 0. The number of nitrogen functional groups attached to an aromatic ring is 1. The smallest absolute Gasteiger partial charge is 0.131 e. The number of benzene rings is 3. The number of hydrogen-bond acceptors (Lipinski definition) is 6. The number of fused-ring (bicyclic) bond motifs is 2. The van der Waals surface area contributed by atoms with Crippen LogP contribution in [0.4, 0.5) is 11.4 Å². The standard InChI is InChI=1S/C14H12N4O2/c15-17-7-1-3-9-11(5-7)14(20)10-4-2-8(18-16)6-12(10)13(9)19/h1-6,15,18-20H,16H2. The van der Waals surface area contributed by atoms with Gasteiger partial charge in [0.1, 0.15) is 11.5 Å². The number of aromatic hydroxyl groups is 2. The van der Waals surface area contributed by atoms with Crippen LogP contribution in [0.2, 0.25) is 0 Å². The second-order valence-corrected chi connectivity index (χ2v) is 4.44. The van der Waals surface area contributed by atoms with Gasteiger partial charge in [-0.1, -0.05) is 0 Å². The van der Waals surface area contributed by atoms with E-state index >= 15 is 0 Å². The Labute approximate surface area is 113 Å². The van der Waals surface area contributed by atoms with Crippen LogP contribution in [0, 0.1) is 5.53 Å². The van der Waals surface area contributed by atoms with Crippen LogP contribution in [-0.2, 0) is 0 Å². The minimum atomic E-state index is 0.0434. The van der Waals surface area contributed by atoms with E-state index in [1.165, 1.54) is 0 Å². The summed E-state index contributed by atoms with van der Waals surface area (Å²) in [7, 11) is 0. The molecule has 0 radical (unpaired) electrons. The summed E-state index contributed by atoms with van der Waals surface area (Å²) in [6.45, 7) is 0. The fourth-order valence-electron chi connectivity index (χ4n) is 2.33. The Hall–Kier alpha value is -2.86. The summed E-state index contributed by atoms with van der Waals surface area (Å²) >= 11 is 0. The molecule has 0 aliphatic rings. The van der Waals surface area contributed by atoms with Crippen molar-refractivity contribution in [3.05, 3.63) is 36.4 Å². The van der Waals surface area contributed by atoms with E-state index in [9.17, 15) is 10.2 Å². The van der Waals surface area contributed by atoms with Gasteiger partial charge in [0.2, 0.25) is 0 Å². The first-order valence-electron chi connectivity index (χ1n) is 5.91. The van der Waals surface area contributed by atoms with Crippen molar-refractivity contribution in [2.75, 3.05) is 5.43 Å². The van der Waals surface area contributed by atoms with Crippen LogP contribution in [0.15, 0.2) is 41.5 Å². The zero-order valence-corrected chi connectivity index (χ0v) is 10.4. The lowest BCUT2D eigenvalue weighted by atomic mass is 10.00. The van der Waals surface area contributed by atoms with Crippen molar-refractivity contribution in [3.8, 4) is 11.5 Å². The lowest BCUT2D eigenvalue weighted by Crippen LogP contribution is -2.06. The lowest BCUT2D eigenvalue weighted by molar-refractivity contribution is 0.478. The number of hydrazine groups is 1. The van der Waals surface area contributed by atoms with Crippen LogP contribution in [0.5, 0.6) is 11.5 Å². The molecule has 0 aliphatic heterocycles.